The molecule has 2 aromatic rings. The topological polar surface area (TPSA) is 15.6 Å². The molecule has 0 saturated heterocycles. The monoisotopic (exact) mass is 368 g/mol. The van der Waals surface area contributed by atoms with E-state index in [9.17, 15) is 0 Å². The predicted molar refractivity (Wildman–Crippen MR) is 104 cm³/mol. The lowest BCUT2D eigenvalue weighted by atomic mass is 9.89. The number of aliphatic imine (C=N–C) groups is 1. The summed E-state index contributed by atoms with van der Waals surface area (Å²) >= 11 is 3.44. The first-order valence-corrected chi connectivity index (χ1v) is 8.53. The number of halogens is 1. The first-order chi connectivity index (χ1) is 10.9. The molecule has 1 heterocycles. The molecule has 0 fully saturated rings. The third-order valence-corrected chi connectivity index (χ3v) is 4.96. The van der Waals surface area contributed by atoms with Gasteiger partial charge in [0.25, 0.3) is 0 Å². The highest BCUT2D eigenvalue weighted by molar-refractivity contribution is 9.10. The van der Waals surface area contributed by atoms with E-state index in [-0.39, 0.29) is 5.54 Å². The van der Waals surface area contributed by atoms with E-state index >= 15 is 0 Å². The smallest absolute Gasteiger partial charge is 0.0630 e. The van der Waals surface area contributed by atoms with Gasteiger partial charge < -0.3 is 4.90 Å². The van der Waals surface area contributed by atoms with E-state index in [4.69, 9.17) is 0 Å². The van der Waals surface area contributed by atoms with Crippen LogP contribution >= 0.6 is 15.9 Å². The summed E-state index contributed by atoms with van der Waals surface area (Å²) in [4.78, 5) is 6.88. The van der Waals surface area contributed by atoms with Gasteiger partial charge in [0, 0.05) is 29.0 Å². The van der Waals surface area contributed by atoms with Crippen molar-refractivity contribution in [2.75, 3.05) is 11.9 Å². The second-order valence-electron chi connectivity index (χ2n) is 6.55. The first kappa shape index (κ1) is 16.0. The predicted octanol–water partition coefficient (Wildman–Crippen LogP) is 5.83. The summed E-state index contributed by atoms with van der Waals surface area (Å²) in [6, 6.07) is 14.5. The molecule has 0 radical (unpaired) electrons. The van der Waals surface area contributed by atoms with Gasteiger partial charge in [0.2, 0.25) is 0 Å². The van der Waals surface area contributed by atoms with Gasteiger partial charge in [-0.05, 0) is 68.3 Å². The molecule has 1 aliphatic heterocycles. The molecule has 2 aromatic carbocycles. The standard InChI is InChI=1S/C20H21BrN2/c1-14-12-20(2,3)23(4)19-10-5-15(11-18(14)19)13-22-17-8-6-16(21)7-9-17/h5-13H,1-4H3. The second-order valence-corrected chi connectivity index (χ2v) is 7.47. The third kappa shape index (κ3) is 3.25. The van der Waals surface area contributed by atoms with Crippen LogP contribution in [0, 0.1) is 0 Å². The molecular formula is C20H21BrN2. The van der Waals surface area contributed by atoms with Crippen LogP contribution in [-0.4, -0.2) is 18.8 Å². The largest absolute Gasteiger partial charge is 0.366 e. The summed E-state index contributed by atoms with van der Waals surface area (Å²) in [5, 5.41) is 0. The maximum absolute atomic E-state index is 4.56. The lowest BCUT2D eigenvalue weighted by Gasteiger charge is -2.40. The Morgan fingerprint density at radius 3 is 2.48 bits per heavy atom. The van der Waals surface area contributed by atoms with Crippen LogP contribution in [0.5, 0.6) is 0 Å². The van der Waals surface area contributed by atoms with E-state index in [1.165, 1.54) is 16.8 Å². The van der Waals surface area contributed by atoms with Crippen molar-refractivity contribution in [1.29, 1.82) is 0 Å². The van der Waals surface area contributed by atoms with Crippen LogP contribution in [0.2, 0.25) is 0 Å². The van der Waals surface area contributed by atoms with Crippen molar-refractivity contribution < 1.29 is 0 Å². The molecule has 0 saturated carbocycles. The fraction of sp³-hybridized carbons (Fsp3) is 0.250. The summed E-state index contributed by atoms with van der Waals surface area (Å²) in [5.41, 5.74) is 6.00. The van der Waals surface area contributed by atoms with Crippen molar-refractivity contribution in [3.8, 4) is 0 Å². The Kier molecular flexibility index (Phi) is 4.15. The summed E-state index contributed by atoms with van der Waals surface area (Å²) in [5.74, 6) is 0. The summed E-state index contributed by atoms with van der Waals surface area (Å²) < 4.78 is 1.07. The summed E-state index contributed by atoms with van der Waals surface area (Å²) in [6.45, 7) is 6.66. The van der Waals surface area contributed by atoms with Gasteiger partial charge in [-0.3, -0.25) is 4.99 Å². The normalized spacial score (nSPS) is 16.4. The maximum atomic E-state index is 4.56. The van der Waals surface area contributed by atoms with E-state index < -0.39 is 0 Å². The highest BCUT2D eigenvalue weighted by atomic mass is 79.9. The van der Waals surface area contributed by atoms with Crippen molar-refractivity contribution in [2.24, 2.45) is 4.99 Å². The number of hydrogen-bond acceptors (Lipinski definition) is 2. The van der Waals surface area contributed by atoms with E-state index in [2.05, 4.69) is 77.9 Å². The molecule has 0 N–H and O–H groups in total. The fourth-order valence-corrected chi connectivity index (χ4v) is 3.20. The Morgan fingerprint density at radius 1 is 1.09 bits per heavy atom. The van der Waals surface area contributed by atoms with Crippen LogP contribution in [-0.2, 0) is 0 Å². The Bertz CT molecular complexity index is 786. The zero-order valence-corrected chi connectivity index (χ0v) is 15.6. The zero-order chi connectivity index (χ0) is 16.6. The van der Waals surface area contributed by atoms with Crippen molar-refractivity contribution in [2.45, 2.75) is 26.3 Å². The summed E-state index contributed by atoms with van der Waals surface area (Å²) in [6.07, 6.45) is 4.25. The lowest BCUT2D eigenvalue weighted by Crippen LogP contribution is -2.42. The highest BCUT2D eigenvalue weighted by Crippen LogP contribution is 2.37. The Balaban J connectivity index is 1.93. The number of nitrogens with zero attached hydrogens (tertiary/aromatic N) is 2. The van der Waals surface area contributed by atoms with Gasteiger partial charge in [0.05, 0.1) is 11.2 Å². The molecule has 0 aliphatic carbocycles. The number of hydrogen-bond donors (Lipinski definition) is 0. The zero-order valence-electron chi connectivity index (χ0n) is 14.0. The van der Waals surface area contributed by atoms with Crippen LogP contribution in [0.3, 0.4) is 0 Å². The number of rotatable bonds is 2. The number of allylic oxidation sites excluding steroid dienone is 1. The van der Waals surface area contributed by atoms with Crippen LogP contribution < -0.4 is 4.90 Å². The van der Waals surface area contributed by atoms with Gasteiger partial charge in [0.1, 0.15) is 0 Å². The second kappa shape index (κ2) is 5.97. The molecule has 0 atom stereocenters. The van der Waals surface area contributed by atoms with Crippen LogP contribution in [0.25, 0.3) is 5.57 Å². The van der Waals surface area contributed by atoms with Crippen LogP contribution in [0.4, 0.5) is 11.4 Å². The van der Waals surface area contributed by atoms with E-state index in [1.807, 2.05) is 30.5 Å². The molecule has 0 bridgehead atoms. The molecule has 0 spiro atoms. The number of fused-ring (bicyclic) bond motifs is 1. The van der Waals surface area contributed by atoms with Crippen molar-refractivity contribution >= 4 is 39.1 Å². The van der Waals surface area contributed by atoms with Crippen molar-refractivity contribution in [3.63, 3.8) is 0 Å². The molecule has 23 heavy (non-hydrogen) atoms. The number of anilines is 1. The van der Waals surface area contributed by atoms with E-state index in [0.717, 1.165) is 15.7 Å². The molecule has 2 nitrogen and oxygen atoms in total. The average Bonchev–Trinajstić information content (AvgIpc) is 2.52. The van der Waals surface area contributed by atoms with Crippen molar-refractivity contribution in [3.05, 3.63) is 64.1 Å². The molecule has 0 amide bonds. The van der Waals surface area contributed by atoms with Crippen molar-refractivity contribution in [1.82, 2.24) is 0 Å². The van der Waals surface area contributed by atoms with Gasteiger partial charge in [-0.1, -0.05) is 28.1 Å². The number of benzene rings is 2. The van der Waals surface area contributed by atoms with Gasteiger partial charge >= 0.3 is 0 Å². The minimum atomic E-state index is 0.0457. The number of likely N-dealkylation sites (N-methyl/N-ethyl adjacent to an activating group) is 1. The Morgan fingerprint density at radius 2 is 1.78 bits per heavy atom. The van der Waals surface area contributed by atoms with Gasteiger partial charge in [-0.15, -0.1) is 0 Å². The van der Waals surface area contributed by atoms with Crippen LogP contribution in [0.15, 0.2) is 58.0 Å². The summed E-state index contributed by atoms with van der Waals surface area (Å²) in [7, 11) is 2.15. The molecular weight excluding hydrogens is 348 g/mol. The van der Waals surface area contributed by atoms with Crippen LogP contribution in [0.1, 0.15) is 31.9 Å². The average molecular weight is 369 g/mol. The SMILES string of the molecule is CC1=CC(C)(C)N(C)c2ccc(C=Nc3ccc(Br)cc3)cc21. The molecule has 3 rings (SSSR count). The molecule has 1 aliphatic rings. The molecule has 0 unspecified atom stereocenters. The minimum absolute atomic E-state index is 0.0457. The Hall–Kier alpha value is -1.87. The van der Waals surface area contributed by atoms with E-state index in [0.29, 0.717) is 0 Å². The van der Waals surface area contributed by atoms with Gasteiger partial charge in [-0.25, -0.2) is 0 Å². The Labute approximate surface area is 146 Å². The van der Waals surface area contributed by atoms with Gasteiger partial charge in [-0.2, -0.15) is 0 Å². The minimum Gasteiger partial charge on any atom is -0.366 e. The van der Waals surface area contributed by atoms with Gasteiger partial charge in [0.15, 0.2) is 0 Å². The molecule has 0 aromatic heterocycles. The molecule has 118 valence electrons. The highest BCUT2D eigenvalue weighted by Gasteiger charge is 2.28. The maximum Gasteiger partial charge on any atom is 0.0630 e. The first-order valence-electron chi connectivity index (χ1n) is 7.74. The lowest BCUT2D eigenvalue weighted by molar-refractivity contribution is 0.598. The third-order valence-electron chi connectivity index (χ3n) is 4.43. The van der Waals surface area contributed by atoms with E-state index in [1.54, 1.807) is 0 Å². The molecule has 3 heteroatoms. The fourth-order valence-electron chi connectivity index (χ4n) is 2.93. The quantitative estimate of drug-likeness (QED) is 0.608.